The van der Waals surface area contributed by atoms with Gasteiger partial charge in [0.05, 0.1) is 18.4 Å². The lowest BCUT2D eigenvalue weighted by Gasteiger charge is -2.33. The van der Waals surface area contributed by atoms with Crippen molar-refractivity contribution in [2.24, 2.45) is 0 Å². The van der Waals surface area contributed by atoms with Crippen LogP contribution in [0.1, 0.15) is 54.1 Å². The lowest BCUT2D eigenvalue weighted by Crippen LogP contribution is -2.39. The third-order valence-corrected chi connectivity index (χ3v) is 5.84. The van der Waals surface area contributed by atoms with E-state index >= 15 is 0 Å². The van der Waals surface area contributed by atoms with Crippen LogP contribution in [0, 0.1) is 0 Å². The summed E-state index contributed by atoms with van der Waals surface area (Å²) in [6.07, 6.45) is 10.9. The van der Waals surface area contributed by atoms with Gasteiger partial charge in [0.1, 0.15) is 5.75 Å². The molecule has 2 fully saturated rings. The lowest BCUT2D eigenvalue weighted by molar-refractivity contribution is 0.0702. The van der Waals surface area contributed by atoms with E-state index in [4.69, 9.17) is 4.74 Å². The Hall–Kier alpha value is -2.63. The van der Waals surface area contributed by atoms with Crippen LogP contribution in [-0.2, 0) is 0 Å². The van der Waals surface area contributed by atoms with Crippen molar-refractivity contribution < 1.29 is 9.53 Å². The van der Waals surface area contributed by atoms with Gasteiger partial charge in [-0.25, -0.2) is 0 Å². The van der Waals surface area contributed by atoms with Gasteiger partial charge in [0.2, 0.25) is 0 Å². The van der Waals surface area contributed by atoms with Crippen molar-refractivity contribution in [2.75, 3.05) is 38.2 Å². The van der Waals surface area contributed by atoms with Crippen molar-refractivity contribution in [1.82, 2.24) is 14.9 Å². The molecule has 0 saturated carbocycles. The second kappa shape index (κ2) is 8.59. The second-order valence-corrected chi connectivity index (χ2v) is 7.65. The largest absolute Gasteiger partial charge is 0.496 e. The normalized spacial score (nSPS) is 20.1. The van der Waals surface area contributed by atoms with Gasteiger partial charge in [-0.15, -0.1) is 0 Å². The molecule has 2 saturated heterocycles. The number of likely N-dealkylation sites (tertiary alicyclic amines) is 1. The van der Waals surface area contributed by atoms with Gasteiger partial charge in [0, 0.05) is 56.4 Å². The first-order chi connectivity index (χ1) is 13.8. The van der Waals surface area contributed by atoms with Crippen molar-refractivity contribution in [3.63, 3.8) is 0 Å². The highest BCUT2D eigenvalue weighted by atomic mass is 16.5. The Morgan fingerprint density at radius 2 is 1.96 bits per heavy atom. The average molecular weight is 380 g/mol. The van der Waals surface area contributed by atoms with Crippen molar-refractivity contribution in [3.05, 3.63) is 48.0 Å². The number of hydrogen-bond donors (Lipinski definition) is 0. The third-order valence-electron chi connectivity index (χ3n) is 5.84. The highest BCUT2D eigenvalue weighted by Crippen LogP contribution is 2.31. The second-order valence-electron chi connectivity index (χ2n) is 7.65. The molecule has 0 N–H and O–H groups in total. The van der Waals surface area contributed by atoms with Crippen LogP contribution >= 0.6 is 0 Å². The first-order valence-corrected chi connectivity index (χ1v) is 10.2. The molecule has 1 aromatic carbocycles. The highest BCUT2D eigenvalue weighted by molar-refractivity contribution is 5.98. The first-order valence-electron chi connectivity index (χ1n) is 10.2. The fourth-order valence-electron chi connectivity index (χ4n) is 4.31. The Kier molecular flexibility index (Phi) is 5.74. The number of ether oxygens (including phenoxy) is 1. The van der Waals surface area contributed by atoms with E-state index in [-0.39, 0.29) is 11.8 Å². The molecule has 2 aliphatic rings. The van der Waals surface area contributed by atoms with Crippen LogP contribution in [0.25, 0.3) is 0 Å². The molecule has 3 heterocycles. The standard InChI is InChI=1S/C22H28N4O2/c1-28-21-8-7-18(25-11-3-2-4-12-25)14-19(21)22(27)26-13-5-6-17(16-26)20-15-23-9-10-24-20/h7-10,14-15,17H,2-6,11-13,16H2,1H3. The van der Waals surface area contributed by atoms with E-state index in [9.17, 15) is 4.79 Å². The van der Waals surface area contributed by atoms with E-state index in [2.05, 4.69) is 20.9 Å². The summed E-state index contributed by atoms with van der Waals surface area (Å²) in [7, 11) is 1.63. The van der Waals surface area contributed by atoms with Gasteiger partial charge in [0.25, 0.3) is 5.91 Å². The Morgan fingerprint density at radius 1 is 1.11 bits per heavy atom. The fourth-order valence-corrected chi connectivity index (χ4v) is 4.31. The number of carbonyl (C=O) groups is 1. The number of amides is 1. The summed E-state index contributed by atoms with van der Waals surface area (Å²) in [5, 5.41) is 0. The summed E-state index contributed by atoms with van der Waals surface area (Å²) in [5.41, 5.74) is 2.74. The number of benzene rings is 1. The predicted molar refractivity (Wildman–Crippen MR) is 109 cm³/mol. The Morgan fingerprint density at radius 3 is 2.71 bits per heavy atom. The van der Waals surface area contributed by atoms with Crippen LogP contribution in [0.3, 0.4) is 0 Å². The zero-order valence-corrected chi connectivity index (χ0v) is 16.5. The van der Waals surface area contributed by atoms with Crippen molar-refractivity contribution in [3.8, 4) is 5.75 Å². The molecule has 6 heteroatoms. The summed E-state index contributed by atoms with van der Waals surface area (Å²) in [6.45, 7) is 3.55. The van der Waals surface area contributed by atoms with Crippen molar-refractivity contribution in [2.45, 2.75) is 38.0 Å². The molecule has 1 unspecified atom stereocenters. The van der Waals surface area contributed by atoms with Crippen molar-refractivity contribution in [1.29, 1.82) is 0 Å². The van der Waals surface area contributed by atoms with Gasteiger partial charge in [-0.3, -0.25) is 14.8 Å². The number of methoxy groups -OCH3 is 1. The molecule has 2 aromatic rings. The SMILES string of the molecule is COc1ccc(N2CCCCC2)cc1C(=O)N1CCCC(c2cnccn2)C1. The predicted octanol–water partition coefficient (Wildman–Crippen LogP) is 3.50. The molecule has 0 bridgehead atoms. The zero-order chi connectivity index (χ0) is 19.3. The number of nitrogens with zero attached hydrogens (tertiary/aromatic N) is 4. The average Bonchev–Trinajstić information content (AvgIpc) is 2.79. The third kappa shape index (κ3) is 3.96. The molecule has 0 radical (unpaired) electrons. The van der Waals surface area contributed by atoms with Gasteiger partial charge < -0.3 is 14.5 Å². The molecular formula is C22H28N4O2. The number of piperidine rings is 2. The number of anilines is 1. The molecule has 1 amide bonds. The van der Waals surface area contributed by atoms with E-state index in [1.165, 1.54) is 19.3 Å². The fraction of sp³-hybridized carbons (Fsp3) is 0.500. The van der Waals surface area contributed by atoms with Crippen LogP contribution < -0.4 is 9.64 Å². The molecule has 148 valence electrons. The minimum absolute atomic E-state index is 0.0456. The maximum absolute atomic E-state index is 13.4. The molecule has 2 aliphatic heterocycles. The molecule has 6 nitrogen and oxygen atoms in total. The van der Waals surface area contributed by atoms with Crippen LogP contribution in [0.2, 0.25) is 0 Å². The number of hydrogen-bond acceptors (Lipinski definition) is 5. The summed E-state index contributed by atoms with van der Waals surface area (Å²) in [4.78, 5) is 26.3. The van der Waals surface area contributed by atoms with Crippen LogP contribution in [0.15, 0.2) is 36.8 Å². The van der Waals surface area contributed by atoms with Gasteiger partial charge in [-0.2, -0.15) is 0 Å². The summed E-state index contributed by atoms with van der Waals surface area (Å²) in [5.74, 6) is 0.930. The van der Waals surface area contributed by atoms with Crippen LogP contribution in [0.4, 0.5) is 5.69 Å². The van der Waals surface area contributed by atoms with Crippen LogP contribution in [0.5, 0.6) is 5.75 Å². The first kappa shape index (κ1) is 18.7. The molecule has 28 heavy (non-hydrogen) atoms. The Bertz CT molecular complexity index is 805. The molecule has 0 spiro atoms. The van der Waals surface area contributed by atoms with Gasteiger partial charge in [-0.1, -0.05) is 0 Å². The minimum atomic E-state index is 0.0456. The molecule has 1 aromatic heterocycles. The van der Waals surface area contributed by atoms with E-state index in [1.807, 2.05) is 23.2 Å². The monoisotopic (exact) mass is 380 g/mol. The maximum Gasteiger partial charge on any atom is 0.257 e. The van der Waals surface area contributed by atoms with Gasteiger partial charge in [0.15, 0.2) is 0 Å². The summed E-state index contributed by atoms with van der Waals surface area (Å²) < 4.78 is 5.52. The minimum Gasteiger partial charge on any atom is -0.496 e. The van der Waals surface area contributed by atoms with Crippen LogP contribution in [-0.4, -0.2) is 54.1 Å². The number of rotatable bonds is 4. The smallest absolute Gasteiger partial charge is 0.257 e. The molecule has 0 aliphatic carbocycles. The van der Waals surface area contributed by atoms with E-state index < -0.39 is 0 Å². The zero-order valence-electron chi connectivity index (χ0n) is 16.5. The Labute approximate surface area is 166 Å². The van der Waals surface area contributed by atoms with E-state index in [1.54, 1.807) is 19.5 Å². The molecular weight excluding hydrogens is 352 g/mol. The molecule has 4 rings (SSSR count). The highest BCUT2D eigenvalue weighted by Gasteiger charge is 2.28. The quantitative estimate of drug-likeness (QED) is 0.813. The van der Waals surface area contributed by atoms with Gasteiger partial charge in [-0.05, 0) is 50.3 Å². The van der Waals surface area contributed by atoms with E-state index in [0.717, 1.165) is 43.9 Å². The number of aromatic nitrogens is 2. The maximum atomic E-state index is 13.4. The topological polar surface area (TPSA) is 58.6 Å². The van der Waals surface area contributed by atoms with Crippen molar-refractivity contribution >= 4 is 11.6 Å². The summed E-state index contributed by atoms with van der Waals surface area (Å²) >= 11 is 0. The number of carbonyl (C=O) groups excluding carboxylic acids is 1. The summed E-state index contributed by atoms with van der Waals surface area (Å²) in [6, 6.07) is 6.01. The van der Waals surface area contributed by atoms with E-state index in [0.29, 0.717) is 17.9 Å². The lowest BCUT2D eigenvalue weighted by atomic mass is 9.94. The molecule has 1 atom stereocenters. The Balaban J connectivity index is 1.56. The van der Waals surface area contributed by atoms with Gasteiger partial charge >= 0.3 is 0 Å².